The molecule has 1 aliphatic heterocycles. The van der Waals surface area contributed by atoms with Gasteiger partial charge in [0.2, 0.25) is 0 Å². The summed E-state index contributed by atoms with van der Waals surface area (Å²) >= 11 is 1.73. The monoisotopic (exact) mass is 336 g/mol. The first-order valence-electron chi connectivity index (χ1n) is 8.17. The molecular formula is C18H22F2N2S. The van der Waals surface area contributed by atoms with E-state index in [9.17, 15) is 8.78 Å². The SMILES string of the molecule is CCc1ccc(C(c2ccc(F)cc2F)N2CCCNCC2)s1. The van der Waals surface area contributed by atoms with Crippen LogP contribution in [0.5, 0.6) is 0 Å². The Bertz CT molecular complexity index is 648. The molecule has 2 aromatic rings. The number of halogens is 2. The largest absolute Gasteiger partial charge is 0.315 e. The van der Waals surface area contributed by atoms with Crippen LogP contribution in [0, 0.1) is 11.6 Å². The summed E-state index contributed by atoms with van der Waals surface area (Å²) in [5, 5.41) is 3.38. The fraction of sp³-hybridized carbons (Fsp3) is 0.444. The Morgan fingerprint density at radius 3 is 2.78 bits per heavy atom. The lowest BCUT2D eigenvalue weighted by molar-refractivity contribution is 0.239. The van der Waals surface area contributed by atoms with Crippen molar-refractivity contribution in [1.82, 2.24) is 10.2 Å². The van der Waals surface area contributed by atoms with E-state index in [2.05, 4.69) is 29.3 Å². The molecule has 2 nitrogen and oxygen atoms in total. The smallest absolute Gasteiger partial charge is 0.131 e. The van der Waals surface area contributed by atoms with Crippen molar-refractivity contribution in [2.75, 3.05) is 26.2 Å². The maximum absolute atomic E-state index is 14.5. The predicted octanol–water partition coefficient (Wildman–Crippen LogP) is 3.97. The number of benzene rings is 1. The van der Waals surface area contributed by atoms with Gasteiger partial charge in [0.1, 0.15) is 11.6 Å². The third-order valence-electron chi connectivity index (χ3n) is 4.30. The predicted molar refractivity (Wildman–Crippen MR) is 91.0 cm³/mol. The minimum absolute atomic E-state index is 0.138. The Morgan fingerprint density at radius 2 is 2.04 bits per heavy atom. The van der Waals surface area contributed by atoms with Crippen molar-refractivity contribution < 1.29 is 8.78 Å². The van der Waals surface area contributed by atoms with Crippen LogP contribution in [0.2, 0.25) is 0 Å². The van der Waals surface area contributed by atoms with Gasteiger partial charge in [-0.2, -0.15) is 0 Å². The number of rotatable bonds is 4. The second-order valence-corrected chi connectivity index (χ2v) is 7.07. The summed E-state index contributed by atoms with van der Waals surface area (Å²) in [4.78, 5) is 4.73. The van der Waals surface area contributed by atoms with Crippen LogP contribution >= 0.6 is 11.3 Å². The van der Waals surface area contributed by atoms with Crippen molar-refractivity contribution >= 4 is 11.3 Å². The average Bonchev–Trinajstić information content (AvgIpc) is 2.85. The van der Waals surface area contributed by atoms with Crippen molar-refractivity contribution in [3.8, 4) is 0 Å². The number of nitrogens with one attached hydrogen (secondary N) is 1. The van der Waals surface area contributed by atoms with Gasteiger partial charge < -0.3 is 5.32 Å². The van der Waals surface area contributed by atoms with E-state index in [1.807, 2.05) is 0 Å². The van der Waals surface area contributed by atoms with Gasteiger partial charge in [-0.1, -0.05) is 13.0 Å². The molecule has 5 heteroatoms. The zero-order valence-corrected chi connectivity index (χ0v) is 14.1. The highest BCUT2D eigenvalue weighted by molar-refractivity contribution is 7.12. The van der Waals surface area contributed by atoms with Crippen molar-refractivity contribution in [2.24, 2.45) is 0 Å². The summed E-state index contributed by atoms with van der Waals surface area (Å²) in [7, 11) is 0. The maximum Gasteiger partial charge on any atom is 0.131 e. The summed E-state index contributed by atoms with van der Waals surface area (Å²) < 4.78 is 27.8. The van der Waals surface area contributed by atoms with E-state index in [4.69, 9.17) is 0 Å². The molecule has 1 atom stereocenters. The van der Waals surface area contributed by atoms with Gasteiger partial charge in [0.05, 0.1) is 6.04 Å². The normalized spacial score (nSPS) is 17.9. The van der Waals surface area contributed by atoms with E-state index in [1.54, 1.807) is 17.4 Å². The van der Waals surface area contributed by atoms with Crippen molar-refractivity contribution in [3.05, 3.63) is 57.3 Å². The first-order chi connectivity index (χ1) is 11.2. The molecule has 124 valence electrons. The maximum atomic E-state index is 14.5. The van der Waals surface area contributed by atoms with Crippen LogP contribution in [0.3, 0.4) is 0 Å². The zero-order valence-electron chi connectivity index (χ0n) is 13.3. The van der Waals surface area contributed by atoms with Gasteiger partial charge in [-0.25, -0.2) is 8.78 Å². The molecule has 1 N–H and O–H groups in total. The molecule has 0 radical (unpaired) electrons. The average molecular weight is 336 g/mol. The van der Waals surface area contributed by atoms with Crippen molar-refractivity contribution in [2.45, 2.75) is 25.8 Å². The lowest BCUT2D eigenvalue weighted by Gasteiger charge is -2.30. The van der Waals surface area contributed by atoms with Crippen molar-refractivity contribution in [3.63, 3.8) is 0 Å². The van der Waals surface area contributed by atoms with Crippen LogP contribution in [0.4, 0.5) is 8.78 Å². The summed E-state index contributed by atoms with van der Waals surface area (Å²) in [5.74, 6) is -0.985. The second-order valence-electron chi connectivity index (χ2n) is 5.87. The van der Waals surface area contributed by atoms with Gasteiger partial charge >= 0.3 is 0 Å². The number of thiophene rings is 1. The van der Waals surface area contributed by atoms with Gasteiger partial charge in [0, 0.05) is 41.0 Å². The molecule has 0 amide bonds. The summed E-state index contributed by atoms with van der Waals surface area (Å²) in [5.41, 5.74) is 0.567. The quantitative estimate of drug-likeness (QED) is 0.909. The summed E-state index contributed by atoms with van der Waals surface area (Å²) in [6, 6.07) is 8.02. The lowest BCUT2D eigenvalue weighted by atomic mass is 10.0. The van der Waals surface area contributed by atoms with Gasteiger partial charge in [-0.05, 0) is 37.6 Å². The first kappa shape index (κ1) is 16.6. The van der Waals surface area contributed by atoms with Gasteiger partial charge in [-0.3, -0.25) is 4.90 Å². The van der Waals surface area contributed by atoms with Crippen LogP contribution in [-0.4, -0.2) is 31.1 Å². The molecule has 2 heterocycles. The summed E-state index contributed by atoms with van der Waals surface area (Å²) in [6.07, 6.45) is 2.01. The topological polar surface area (TPSA) is 15.3 Å². The number of hydrogen-bond acceptors (Lipinski definition) is 3. The molecule has 1 aromatic carbocycles. The van der Waals surface area contributed by atoms with E-state index in [0.29, 0.717) is 5.56 Å². The van der Waals surface area contributed by atoms with Crippen LogP contribution < -0.4 is 5.32 Å². The van der Waals surface area contributed by atoms with Crippen LogP contribution in [-0.2, 0) is 6.42 Å². The van der Waals surface area contributed by atoms with Crippen LogP contribution in [0.1, 0.15) is 34.7 Å². The Kier molecular flexibility index (Phi) is 5.41. The minimum Gasteiger partial charge on any atom is -0.315 e. The van der Waals surface area contributed by atoms with E-state index >= 15 is 0 Å². The molecule has 0 bridgehead atoms. The highest BCUT2D eigenvalue weighted by atomic mass is 32.1. The molecule has 1 aromatic heterocycles. The van der Waals surface area contributed by atoms with E-state index < -0.39 is 11.6 Å². The fourth-order valence-corrected chi connectivity index (χ4v) is 4.22. The molecule has 0 saturated carbocycles. The van der Waals surface area contributed by atoms with Gasteiger partial charge in [0.25, 0.3) is 0 Å². The molecular weight excluding hydrogens is 314 g/mol. The molecule has 1 saturated heterocycles. The number of nitrogens with zero attached hydrogens (tertiary/aromatic N) is 1. The lowest BCUT2D eigenvalue weighted by Crippen LogP contribution is -2.33. The van der Waals surface area contributed by atoms with Gasteiger partial charge in [0.15, 0.2) is 0 Å². The Hall–Kier alpha value is -1.30. The van der Waals surface area contributed by atoms with Crippen LogP contribution in [0.25, 0.3) is 0 Å². The number of aryl methyl sites for hydroxylation is 1. The Morgan fingerprint density at radius 1 is 1.17 bits per heavy atom. The van der Waals surface area contributed by atoms with E-state index in [-0.39, 0.29) is 6.04 Å². The first-order valence-corrected chi connectivity index (χ1v) is 8.99. The zero-order chi connectivity index (χ0) is 16.2. The molecule has 23 heavy (non-hydrogen) atoms. The Labute approximate surface area is 140 Å². The molecule has 1 fully saturated rings. The third-order valence-corrected chi connectivity index (χ3v) is 5.58. The molecule has 0 spiro atoms. The molecule has 1 aliphatic rings. The molecule has 0 aliphatic carbocycles. The highest BCUT2D eigenvalue weighted by Crippen LogP contribution is 2.35. The molecule has 1 unspecified atom stereocenters. The second kappa shape index (κ2) is 7.51. The highest BCUT2D eigenvalue weighted by Gasteiger charge is 2.27. The third kappa shape index (κ3) is 3.79. The van der Waals surface area contributed by atoms with Crippen molar-refractivity contribution in [1.29, 1.82) is 0 Å². The van der Waals surface area contributed by atoms with E-state index in [0.717, 1.165) is 50.0 Å². The minimum atomic E-state index is -0.525. The standard InChI is InChI=1S/C18H22F2N2S/c1-2-14-5-7-17(23-14)18(22-10-3-8-21-9-11-22)15-6-4-13(19)12-16(15)20/h4-7,12,18,21H,2-3,8-11H2,1H3. The van der Waals surface area contributed by atoms with Gasteiger partial charge in [-0.15, -0.1) is 11.3 Å². The van der Waals surface area contributed by atoms with E-state index in [1.165, 1.54) is 10.9 Å². The number of hydrogen-bond donors (Lipinski definition) is 1. The Balaban J connectivity index is 2.01. The fourth-order valence-electron chi connectivity index (χ4n) is 3.11. The summed E-state index contributed by atoms with van der Waals surface area (Å²) in [6.45, 7) is 5.78. The van der Waals surface area contributed by atoms with Crippen LogP contribution in [0.15, 0.2) is 30.3 Å². The molecule has 3 rings (SSSR count).